The highest BCUT2D eigenvalue weighted by Crippen LogP contribution is 2.42. The van der Waals surface area contributed by atoms with E-state index in [1.165, 1.54) is 6.20 Å². The van der Waals surface area contributed by atoms with E-state index in [1.54, 1.807) is 0 Å². The Morgan fingerprint density at radius 3 is 2.68 bits per heavy atom. The van der Waals surface area contributed by atoms with Crippen molar-refractivity contribution >= 4 is 11.3 Å². The molecule has 1 heterocycles. The molecule has 0 saturated heterocycles. The molecule has 1 N–H and O–H groups in total. The van der Waals surface area contributed by atoms with E-state index >= 15 is 0 Å². The van der Waals surface area contributed by atoms with Crippen molar-refractivity contribution in [3.63, 3.8) is 0 Å². The summed E-state index contributed by atoms with van der Waals surface area (Å²) in [5.74, 6) is 1.10. The van der Waals surface area contributed by atoms with Crippen LogP contribution >= 0.6 is 11.3 Å². The Bertz CT molecular complexity index is 416. The molecular weight excluding hydrogens is 273 g/mol. The number of hydrogen-bond acceptors (Lipinski definition) is 3. The maximum absolute atomic E-state index is 12.6. The lowest BCUT2D eigenvalue weighted by molar-refractivity contribution is -0.137. The molecule has 0 spiro atoms. The van der Waals surface area contributed by atoms with Gasteiger partial charge in [-0.3, -0.25) is 0 Å². The summed E-state index contributed by atoms with van der Waals surface area (Å²) in [7, 11) is 0. The lowest BCUT2D eigenvalue weighted by Gasteiger charge is -2.23. The van der Waals surface area contributed by atoms with Gasteiger partial charge in [0, 0.05) is 17.1 Å². The summed E-state index contributed by atoms with van der Waals surface area (Å²) in [5.41, 5.74) is 0. The van der Waals surface area contributed by atoms with Gasteiger partial charge >= 0.3 is 6.18 Å². The zero-order valence-corrected chi connectivity index (χ0v) is 11.9. The normalized spacial score (nSPS) is 25.7. The first-order chi connectivity index (χ1) is 8.91. The van der Waals surface area contributed by atoms with Crippen LogP contribution in [0.2, 0.25) is 0 Å². The number of nitrogens with one attached hydrogen (secondary N) is 1. The lowest BCUT2D eigenvalue weighted by Crippen LogP contribution is -2.26. The molecule has 3 unspecified atom stereocenters. The predicted octanol–water partition coefficient (Wildman–Crippen LogP) is 4.25. The molecule has 19 heavy (non-hydrogen) atoms. The van der Waals surface area contributed by atoms with Gasteiger partial charge in [0.05, 0.1) is 0 Å². The van der Waals surface area contributed by atoms with Crippen LogP contribution in [0.15, 0.2) is 6.20 Å². The minimum Gasteiger partial charge on any atom is -0.309 e. The first kappa shape index (κ1) is 14.8. The summed E-state index contributed by atoms with van der Waals surface area (Å²) in [6.45, 7) is 4.95. The zero-order chi connectivity index (χ0) is 14.0. The van der Waals surface area contributed by atoms with E-state index in [4.69, 9.17) is 0 Å². The van der Waals surface area contributed by atoms with Gasteiger partial charge in [-0.2, -0.15) is 13.2 Å². The van der Waals surface area contributed by atoms with Gasteiger partial charge in [0.2, 0.25) is 0 Å². The van der Waals surface area contributed by atoms with E-state index in [1.807, 2.05) is 6.92 Å². The number of rotatable bonds is 4. The first-order valence-electron chi connectivity index (χ1n) is 6.68. The van der Waals surface area contributed by atoms with Gasteiger partial charge < -0.3 is 5.32 Å². The molecule has 0 bridgehead atoms. The maximum Gasteiger partial charge on any atom is 0.443 e. The molecule has 1 aromatic heterocycles. The third-order valence-corrected chi connectivity index (χ3v) is 4.83. The fraction of sp³-hybridized carbons (Fsp3) is 0.769. The van der Waals surface area contributed by atoms with Crippen LogP contribution in [0.3, 0.4) is 0 Å². The lowest BCUT2D eigenvalue weighted by atomic mass is 9.96. The van der Waals surface area contributed by atoms with Crippen LogP contribution in [0.4, 0.5) is 13.2 Å². The Hall–Kier alpha value is -0.620. The summed E-state index contributed by atoms with van der Waals surface area (Å²) >= 11 is 0.777. The minimum absolute atomic E-state index is 0.0172. The van der Waals surface area contributed by atoms with Gasteiger partial charge in [-0.25, -0.2) is 4.98 Å². The van der Waals surface area contributed by atoms with Crippen LogP contribution in [-0.4, -0.2) is 11.5 Å². The van der Waals surface area contributed by atoms with Gasteiger partial charge in [0.15, 0.2) is 5.01 Å². The minimum atomic E-state index is -4.33. The molecule has 1 aromatic rings. The number of halogens is 3. The Balaban J connectivity index is 2.17. The van der Waals surface area contributed by atoms with Gasteiger partial charge in [0.1, 0.15) is 0 Å². The van der Waals surface area contributed by atoms with Crippen LogP contribution in [0.1, 0.15) is 49.0 Å². The molecule has 1 saturated carbocycles. The largest absolute Gasteiger partial charge is 0.443 e. The van der Waals surface area contributed by atoms with Crippen LogP contribution in [0.5, 0.6) is 0 Å². The van der Waals surface area contributed by atoms with Crippen molar-refractivity contribution in [3.05, 3.63) is 16.1 Å². The SMILES string of the molecule is CCNC(c1cnc(C(F)(F)F)s1)C1CCC(C)C1. The van der Waals surface area contributed by atoms with Crippen LogP contribution in [-0.2, 0) is 6.18 Å². The Labute approximate surface area is 115 Å². The van der Waals surface area contributed by atoms with Crippen LogP contribution in [0.25, 0.3) is 0 Å². The zero-order valence-electron chi connectivity index (χ0n) is 11.1. The Morgan fingerprint density at radius 1 is 1.47 bits per heavy atom. The third kappa shape index (κ3) is 3.48. The fourth-order valence-electron chi connectivity index (χ4n) is 2.83. The molecule has 2 nitrogen and oxygen atoms in total. The molecule has 0 radical (unpaired) electrons. The molecule has 1 aliphatic carbocycles. The van der Waals surface area contributed by atoms with Crippen molar-refractivity contribution in [1.29, 1.82) is 0 Å². The topological polar surface area (TPSA) is 24.9 Å². The second kappa shape index (κ2) is 5.79. The first-order valence-corrected chi connectivity index (χ1v) is 7.49. The van der Waals surface area contributed by atoms with Gasteiger partial charge in [0.25, 0.3) is 0 Å². The van der Waals surface area contributed by atoms with E-state index in [9.17, 15) is 13.2 Å². The van der Waals surface area contributed by atoms with Gasteiger partial charge in [-0.1, -0.05) is 20.3 Å². The monoisotopic (exact) mass is 292 g/mol. The highest BCUT2D eigenvalue weighted by Gasteiger charge is 2.37. The van der Waals surface area contributed by atoms with Crippen molar-refractivity contribution in [2.75, 3.05) is 6.54 Å². The number of alkyl halides is 3. The Kier molecular flexibility index (Phi) is 4.50. The van der Waals surface area contributed by atoms with E-state index in [0.29, 0.717) is 16.7 Å². The summed E-state index contributed by atoms with van der Waals surface area (Å²) in [6, 6.07) is 0.0172. The van der Waals surface area contributed by atoms with Gasteiger partial charge in [-0.15, -0.1) is 11.3 Å². The van der Waals surface area contributed by atoms with Crippen molar-refractivity contribution in [2.24, 2.45) is 11.8 Å². The van der Waals surface area contributed by atoms with E-state index in [0.717, 1.165) is 37.1 Å². The van der Waals surface area contributed by atoms with E-state index in [2.05, 4.69) is 17.2 Å². The summed E-state index contributed by atoms with van der Waals surface area (Å²) in [5, 5.41) is 2.59. The van der Waals surface area contributed by atoms with Crippen molar-refractivity contribution in [1.82, 2.24) is 10.3 Å². The number of nitrogens with zero attached hydrogens (tertiary/aromatic N) is 1. The molecule has 108 valence electrons. The standard InChI is InChI=1S/C13H19F3N2S/c1-3-17-11(9-5-4-8(2)6-9)10-7-18-12(19-10)13(14,15)16/h7-9,11,17H,3-6H2,1-2H3. The van der Waals surface area contributed by atoms with Crippen LogP contribution in [0, 0.1) is 11.8 Å². The average molecular weight is 292 g/mol. The summed E-state index contributed by atoms with van der Waals surface area (Å²) in [4.78, 5) is 4.25. The second-order valence-electron chi connectivity index (χ2n) is 5.28. The molecule has 0 aromatic carbocycles. The molecule has 2 rings (SSSR count). The fourth-order valence-corrected chi connectivity index (χ4v) is 3.79. The Morgan fingerprint density at radius 2 is 2.21 bits per heavy atom. The van der Waals surface area contributed by atoms with Crippen molar-refractivity contribution in [2.45, 2.75) is 45.3 Å². The molecule has 3 atom stereocenters. The molecule has 0 aliphatic heterocycles. The van der Waals surface area contributed by atoms with Crippen LogP contribution < -0.4 is 5.32 Å². The quantitative estimate of drug-likeness (QED) is 0.897. The predicted molar refractivity (Wildman–Crippen MR) is 70.0 cm³/mol. The highest BCUT2D eigenvalue weighted by molar-refractivity contribution is 7.11. The smallest absolute Gasteiger partial charge is 0.309 e. The third-order valence-electron chi connectivity index (χ3n) is 3.70. The molecule has 1 fully saturated rings. The molecule has 1 aliphatic rings. The highest BCUT2D eigenvalue weighted by atomic mass is 32.1. The maximum atomic E-state index is 12.6. The van der Waals surface area contributed by atoms with Crippen molar-refractivity contribution in [3.8, 4) is 0 Å². The number of aromatic nitrogens is 1. The van der Waals surface area contributed by atoms with E-state index < -0.39 is 11.2 Å². The van der Waals surface area contributed by atoms with E-state index in [-0.39, 0.29) is 6.04 Å². The molecule has 6 heteroatoms. The number of hydrogen-bond donors (Lipinski definition) is 1. The van der Waals surface area contributed by atoms with Gasteiger partial charge in [-0.05, 0) is 31.2 Å². The molecular formula is C13H19F3N2S. The summed E-state index contributed by atoms with van der Waals surface area (Å²) < 4.78 is 37.9. The van der Waals surface area contributed by atoms with Crippen molar-refractivity contribution < 1.29 is 13.2 Å². The second-order valence-corrected chi connectivity index (χ2v) is 6.34. The number of thiazole rings is 1. The molecule has 0 amide bonds. The summed E-state index contributed by atoms with van der Waals surface area (Å²) in [6.07, 6.45) is 0.388. The average Bonchev–Trinajstić information content (AvgIpc) is 2.93.